The van der Waals surface area contributed by atoms with E-state index in [1.807, 2.05) is 66.7 Å². The van der Waals surface area contributed by atoms with Gasteiger partial charge in [0.15, 0.2) is 18.1 Å². The van der Waals surface area contributed by atoms with Crippen molar-refractivity contribution < 1.29 is 19.0 Å². The molecular weight excluding hydrogens is 418 g/mol. The molecular formula is C26H23N3O4. The lowest BCUT2D eigenvalue weighted by Gasteiger charge is -2.11. The number of carbonyl (C=O) groups is 1. The van der Waals surface area contributed by atoms with Gasteiger partial charge in [0.05, 0.1) is 13.3 Å². The minimum absolute atomic E-state index is 0.178. The Morgan fingerprint density at radius 1 is 0.939 bits per heavy atom. The Hall–Kier alpha value is -4.39. The molecule has 7 heteroatoms. The lowest BCUT2D eigenvalue weighted by atomic mass is 10.2. The van der Waals surface area contributed by atoms with Crippen molar-refractivity contribution in [3.8, 4) is 17.2 Å². The Morgan fingerprint density at radius 3 is 2.64 bits per heavy atom. The highest BCUT2D eigenvalue weighted by Gasteiger charge is 2.07. The molecule has 0 atom stereocenters. The van der Waals surface area contributed by atoms with Crippen LogP contribution in [0.1, 0.15) is 11.1 Å². The van der Waals surface area contributed by atoms with Gasteiger partial charge in [-0.05, 0) is 41.5 Å². The van der Waals surface area contributed by atoms with Crippen molar-refractivity contribution in [2.24, 2.45) is 5.10 Å². The van der Waals surface area contributed by atoms with Gasteiger partial charge in [-0.2, -0.15) is 5.10 Å². The van der Waals surface area contributed by atoms with E-state index in [0.29, 0.717) is 29.4 Å². The minimum atomic E-state index is -0.381. The summed E-state index contributed by atoms with van der Waals surface area (Å²) in [6, 6.07) is 24.7. The van der Waals surface area contributed by atoms with Gasteiger partial charge in [0.2, 0.25) is 0 Å². The number of nitrogens with one attached hydrogen (secondary N) is 1. The summed E-state index contributed by atoms with van der Waals surface area (Å²) in [5.41, 5.74) is 4.98. The molecule has 1 N–H and O–H groups in total. The second kappa shape index (κ2) is 10.8. The van der Waals surface area contributed by atoms with E-state index in [9.17, 15) is 4.79 Å². The molecule has 4 rings (SSSR count). The van der Waals surface area contributed by atoms with Gasteiger partial charge in [-0.25, -0.2) is 5.43 Å². The molecule has 1 heterocycles. The van der Waals surface area contributed by atoms with Gasteiger partial charge in [-0.1, -0.05) is 48.5 Å². The van der Waals surface area contributed by atoms with E-state index in [2.05, 4.69) is 15.5 Å². The molecule has 0 unspecified atom stereocenters. The number of para-hydroxylation sites is 1. The third-order valence-electron chi connectivity index (χ3n) is 4.78. The molecule has 0 saturated carbocycles. The first kappa shape index (κ1) is 21.8. The summed E-state index contributed by atoms with van der Waals surface area (Å²) in [5, 5.41) is 4.94. The minimum Gasteiger partial charge on any atom is -0.493 e. The van der Waals surface area contributed by atoms with Crippen molar-refractivity contribution in [2.75, 3.05) is 13.7 Å². The second-order valence-electron chi connectivity index (χ2n) is 7.10. The number of aromatic nitrogens is 1. The van der Waals surface area contributed by atoms with Crippen molar-refractivity contribution in [2.45, 2.75) is 6.61 Å². The Kier molecular flexibility index (Phi) is 7.12. The number of pyridine rings is 1. The average Bonchev–Trinajstić information content (AvgIpc) is 2.87. The van der Waals surface area contributed by atoms with Gasteiger partial charge >= 0.3 is 0 Å². The van der Waals surface area contributed by atoms with Crippen molar-refractivity contribution >= 4 is 23.0 Å². The van der Waals surface area contributed by atoms with Gasteiger partial charge in [0.1, 0.15) is 17.9 Å². The molecule has 0 aliphatic carbocycles. The summed E-state index contributed by atoms with van der Waals surface area (Å²) in [7, 11) is 1.58. The summed E-state index contributed by atoms with van der Waals surface area (Å²) in [5.74, 6) is 1.37. The van der Waals surface area contributed by atoms with Crippen LogP contribution in [0.3, 0.4) is 0 Å². The van der Waals surface area contributed by atoms with Crippen molar-refractivity contribution in [3.05, 3.63) is 96.2 Å². The number of methoxy groups -OCH3 is 1. The molecule has 0 fully saturated rings. The molecule has 0 aliphatic heterocycles. The first-order valence-electron chi connectivity index (χ1n) is 10.4. The summed E-state index contributed by atoms with van der Waals surface area (Å²) >= 11 is 0. The highest BCUT2D eigenvalue weighted by molar-refractivity contribution is 5.86. The number of carbonyl (C=O) groups excluding carboxylic acids is 1. The Labute approximate surface area is 191 Å². The van der Waals surface area contributed by atoms with Gasteiger partial charge < -0.3 is 14.2 Å². The number of hydrogen-bond donors (Lipinski definition) is 1. The molecule has 33 heavy (non-hydrogen) atoms. The number of hydrazone groups is 1. The van der Waals surface area contributed by atoms with E-state index < -0.39 is 0 Å². The Morgan fingerprint density at radius 2 is 1.79 bits per heavy atom. The van der Waals surface area contributed by atoms with E-state index in [-0.39, 0.29) is 12.5 Å². The fraction of sp³-hybridized carbons (Fsp3) is 0.115. The zero-order valence-corrected chi connectivity index (χ0v) is 18.1. The molecule has 4 aromatic rings. The molecule has 0 aliphatic rings. The summed E-state index contributed by atoms with van der Waals surface area (Å²) in [4.78, 5) is 16.4. The van der Waals surface area contributed by atoms with E-state index >= 15 is 0 Å². The van der Waals surface area contributed by atoms with Crippen LogP contribution in [0.4, 0.5) is 0 Å². The average molecular weight is 441 g/mol. The van der Waals surface area contributed by atoms with Crippen LogP contribution in [0.25, 0.3) is 10.9 Å². The van der Waals surface area contributed by atoms with Crippen LogP contribution in [0.15, 0.2) is 90.2 Å². The zero-order chi connectivity index (χ0) is 22.9. The number of benzene rings is 3. The molecule has 0 spiro atoms. The van der Waals surface area contributed by atoms with Gasteiger partial charge in [-0.15, -0.1) is 0 Å². The standard InChI is InChI=1S/C26H23N3O4/c1-31-24-15-20(12-13-22(24)32-17-19-7-3-2-4-8-19)16-28-29-25(30)18-33-23-11-5-9-21-10-6-14-27-26(21)23/h2-16H,17-18H2,1H3,(H,29,30)/b28-16-. The van der Waals surface area contributed by atoms with Crippen molar-refractivity contribution in [1.82, 2.24) is 10.4 Å². The number of ether oxygens (including phenoxy) is 3. The third-order valence-corrected chi connectivity index (χ3v) is 4.78. The fourth-order valence-corrected chi connectivity index (χ4v) is 3.17. The maximum Gasteiger partial charge on any atom is 0.277 e. The molecule has 1 amide bonds. The summed E-state index contributed by atoms with van der Waals surface area (Å²) in [6.45, 7) is 0.259. The van der Waals surface area contributed by atoms with E-state index in [1.165, 1.54) is 6.21 Å². The van der Waals surface area contributed by atoms with E-state index in [0.717, 1.165) is 16.5 Å². The molecule has 0 saturated heterocycles. The highest BCUT2D eigenvalue weighted by atomic mass is 16.5. The van der Waals surface area contributed by atoms with Crippen LogP contribution in [0.5, 0.6) is 17.2 Å². The Bertz CT molecular complexity index is 1250. The fourth-order valence-electron chi connectivity index (χ4n) is 3.17. The van der Waals surface area contributed by atoms with Crippen LogP contribution in [-0.2, 0) is 11.4 Å². The van der Waals surface area contributed by atoms with Gasteiger partial charge in [0, 0.05) is 11.6 Å². The molecule has 3 aromatic carbocycles. The number of amides is 1. The zero-order valence-electron chi connectivity index (χ0n) is 18.1. The van der Waals surface area contributed by atoms with Gasteiger partial charge in [0.25, 0.3) is 5.91 Å². The van der Waals surface area contributed by atoms with Crippen LogP contribution < -0.4 is 19.6 Å². The largest absolute Gasteiger partial charge is 0.493 e. The van der Waals surface area contributed by atoms with Crippen LogP contribution in [-0.4, -0.2) is 30.8 Å². The summed E-state index contributed by atoms with van der Waals surface area (Å²) < 4.78 is 16.9. The highest BCUT2D eigenvalue weighted by Crippen LogP contribution is 2.28. The van der Waals surface area contributed by atoms with Crippen LogP contribution in [0, 0.1) is 0 Å². The molecule has 7 nitrogen and oxygen atoms in total. The van der Waals surface area contributed by atoms with Gasteiger partial charge in [-0.3, -0.25) is 9.78 Å². The van der Waals surface area contributed by atoms with E-state index in [1.54, 1.807) is 25.4 Å². The predicted octanol–water partition coefficient (Wildman–Crippen LogP) is 4.35. The summed E-state index contributed by atoms with van der Waals surface area (Å²) in [6.07, 6.45) is 3.21. The monoisotopic (exact) mass is 441 g/mol. The third kappa shape index (κ3) is 5.86. The van der Waals surface area contributed by atoms with E-state index in [4.69, 9.17) is 14.2 Å². The number of fused-ring (bicyclic) bond motifs is 1. The number of nitrogens with zero attached hydrogens (tertiary/aromatic N) is 2. The smallest absolute Gasteiger partial charge is 0.277 e. The quantitative estimate of drug-likeness (QED) is 0.308. The number of rotatable bonds is 9. The normalized spacial score (nSPS) is 10.8. The predicted molar refractivity (Wildman–Crippen MR) is 127 cm³/mol. The molecule has 1 aromatic heterocycles. The van der Waals surface area contributed by atoms with Crippen LogP contribution >= 0.6 is 0 Å². The van der Waals surface area contributed by atoms with Crippen molar-refractivity contribution in [3.63, 3.8) is 0 Å². The maximum atomic E-state index is 12.1. The number of hydrogen-bond acceptors (Lipinski definition) is 6. The lowest BCUT2D eigenvalue weighted by molar-refractivity contribution is -0.123. The molecule has 0 bridgehead atoms. The topological polar surface area (TPSA) is 82.0 Å². The first-order chi connectivity index (χ1) is 16.2. The Balaban J connectivity index is 1.31. The molecule has 0 radical (unpaired) electrons. The SMILES string of the molecule is COc1cc(/C=N\NC(=O)COc2cccc3cccnc23)ccc1OCc1ccccc1. The van der Waals surface area contributed by atoms with Crippen molar-refractivity contribution in [1.29, 1.82) is 0 Å². The maximum absolute atomic E-state index is 12.1. The molecule has 166 valence electrons. The first-order valence-corrected chi connectivity index (χ1v) is 10.4. The second-order valence-corrected chi connectivity index (χ2v) is 7.10. The van der Waals surface area contributed by atoms with Crippen LogP contribution in [0.2, 0.25) is 0 Å². The lowest BCUT2D eigenvalue weighted by Crippen LogP contribution is -2.24.